The summed E-state index contributed by atoms with van der Waals surface area (Å²) in [4.78, 5) is 16.9. The molecule has 6 nitrogen and oxygen atoms in total. The lowest BCUT2D eigenvalue weighted by atomic mass is 10.2. The van der Waals surface area contributed by atoms with E-state index in [1.165, 1.54) is 0 Å². The summed E-state index contributed by atoms with van der Waals surface area (Å²) < 4.78 is 16.1. The molecule has 2 aromatic rings. The molecule has 0 N–H and O–H groups in total. The third-order valence-corrected chi connectivity index (χ3v) is 4.63. The molecule has 1 aliphatic heterocycles. The van der Waals surface area contributed by atoms with Crippen LogP contribution in [0, 0.1) is 0 Å². The molecule has 25 heavy (non-hydrogen) atoms. The van der Waals surface area contributed by atoms with Crippen LogP contribution >= 0.6 is 0 Å². The molecule has 0 unspecified atom stereocenters. The zero-order valence-corrected chi connectivity index (χ0v) is 15.0. The van der Waals surface area contributed by atoms with E-state index in [1.54, 1.807) is 19.2 Å². The first kappa shape index (κ1) is 17.8. The fraction of sp³-hybridized carbons (Fsp3) is 0.526. The van der Waals surface area contributed by atoms with E-state index in [-0.39, 0.29) is 5.76 Å². The van der Waals surface area contributed by atoms with Crippen LogP contribution in [0.2, 0.25) is 0 Å². The van der Waals surface area contributed by atoms with Crippen LogP contribution in [0.15, 0.2) is 28.7 Å². The number of furan rings is 1. The highest BCUT2D eigenvalue weighted by atomic mass is 16.5. The van der Waals surface area contributed by atoms with Crippen molar-refractivity contribution in [1.82, 2.24) is 9.80 Å². The number of carbonyl (C=O) groups is 1. The van der Waals surface area contributed by atoms with E-state index in [1.807, 2.05) is 12.1 Å². The SMILES string of the molecule is COc1ccc2cc(C(=O)OCCCCN3CCN(C)CC3)oc2c1. The van der Waals surface area contributed by atoms with Gasteiger partial charge in [-0.15, -0.1) is 0 Å². The Morgan fingerprint density at radius 1 is 1.16 bits per heavy atom. The van der Waals surface area contributed by atoms with E-state index in [9.17, 15) is 4.79 Å². The summed E-state index contributed by atoms with van der Waals surface area (Å²) in [5.41, 5.74) is 0.626. The van der Waals surface area contributed by atoms with Gasteiger partial charge < -0.3 is 23.7 Å². The number of likely N-dealkylation sites (N-methyl/N-ethyl adjacent to an activating group) is 1. The molecule has 6 heteroatoms. The number of rotatable bonds is 7. The van der Waals surface area contributed by atoms with E-state index in [0.717, 1.165) is 51.0 Å². The molecule has 136 valence electrons. The van der Waals surface area contributed by atoms with Crippen molar-refractivity contribution in [3.05, 3.63) is 30.0 Å². The van der Waals surface area contributed by atoms with Crippen LogP contribution in [0.5, 0.6) is 5.75 Å². The summed E-state index contributed by atoms with van der Waals surface area (Å²) in [5, 5.41) is 0.864. The van der Waals surface area contributed by atoms with Crippen LogP contribution in [-0.4, -0.2) is 69.3 Å². The number of benzene rings is 1. The number of hydrogen-bond acceptors (Lipinski definition) is 6. The number of nitrogens with zero attached hydrogens (tertiary/aromatic N) is 2. The van der Waals surface area contributed by atoms with Crippen molar-refractivity contribution in [2.75, 3.05) is 53.5 Å². The van der Waals surface area contributed by atoms with E-state index in [4.69, 9.17) is 13.9 Å². The molecule has 1 aromatic heterocycles. The molecule has 3 rings (SSSR count). The van der Waals surface area contributed by atoms with Crippen molar-refractivity contribution in [3.63, 3.8) is 0 Å². The summed E-state index contributed by atoms with van der Waals surface area (Å²) in [7, 11) is 3.76. The Morgan fingerprint density at radius 3 is 2.72 bits per heavy atom. The molecule has 1 aliphatic rings. The molecule has 2 heterocycles. The molecule has 1 saturated heterocycles. The van der Waals surface area contributed by atoms with Crippen LogP contribution < -0.4 is 4.74 Å². The van der Waals surface area contributed by atoms with Gasteiger partial charge in [0.1, 0.15) is 11.3 Å². The molecule has 0 aliphatic carbocycles. The topological polar surface area (TPSA) is 55.2 Å². The molecule has 0 bridgehead atoms. The number of unbranched alkanes of at least 4 members (excludes halogenated alkanes) is 1. The first-order valence-electron chi connectivity index (χ1n) is 8.81. The number of carbonyl (C=O) groups excluding carboxylic acids is 1. The van der Waals surface area contributed by atoms with E-state index >= 15 is 0 Å². The fourth-order valence-electron chi connectivity index (χ4n) is 2.98. The predicted molar refractivity (Wildman–Crippen MR) is 96.2 cm³/mol. The number of piperazine rings is 1. The maximum Gasteiger partial charge on any atom is 0.374 e. The summed E-state index contributed by atoms with van der Waals surface area (Å²) >= 11 is 0. The van der Waals surface area contributed by atoms with Gasteiger partial charge in [0.15, 0.2) is 0 Å². The van der Waals surface area contributed by atoms with Crippen molar-refractivity contribution < 1.29 is 18.7 Å². The number of methoxy groups -OCH3 is 1. The van der Waals surface area contributed by atoms with Gasteiger partial charge in [-0.1, -0.05) is 0 Å². The summed E-state index contributed by atoms with van der Waals surface area (Å²) in [6.45, 7) is 6.00. The quantitative estimate of drug-likeness (QED) is 0.567. The maximum absolute atomic E-state index is 12.1. The number of hydrogen-bond donors (Lipinski definition) is 0. The molecule has 0 saturated carbocycles. The fourth-order valence-corrected chi connectivity index (χ4v) is 2.98. The second-order valence-electron chi connectivity index (χ2n) is 6.50. The Morgan fingerprint density at radius 2 is 1.96 bits per heavy atom. The summed E-state index contributed by atoms with van der Waals surface area (Å²) in [6, 6.07) is 7.18. The minimum atomic E-state index is -0.408. The Hall–Kier alpha value is -2.05. The molecule has 0 radical (unpaired) electrons. The molecule has 0 atom stereocenters. The molecule has 0 amide bonds. The largest absolute Gasteiger partial charge is 0.497 e. The van der Waals surface area contributed by atoms with Crippen molar-refractivity contribution in [2.45, 2.75) is 12.8 Å². The van der Waals surface area contributed by atoms with Gasteiger partial charge in [-0.05, 0) is 44.6 Å². The Bertz CT molecular complexity index is 705. The van der Waals surface area contributed by atoms with Crippen molar-refractivity contribution in [3.8, 4) is 5.75 Å². The van der Waals surface area contributed by atoms with Gasteiger partial charge in [-0.2, -0.15) is 0 Å². The second-order valence-corrected chi connectivity index (χ2v) is 6.50. The first-order valence-corrected chi connectivity index (χ1v) is 8.81. The summed E-state index contributed by atoms with van der Waals surface area (Å²) in [6.07, 6.45) is 1.90. The highest BCUT2D eigenvalue weighted by Gasteiger charge is 2.15. The highest BCUT2D eigenvalue weighted by Crippen LogP contribution is 2.24. The molecule has 1 aromatic carbocycles. The van der Waals surface area contributed by atoms with Crippen LogP contribution in [0.1, 0.15) is 23.4 Å². The highest BCUT2D eigenvalue weighted by molar-refractivity contribution is 5.92. The standard InChI is InChI=1S/C19H26N2O4/c1-20-8-10-21(11-9-20)7-3-4-12-24-19(22)18-13-15-5-6-16(23-2)14-17(15)25-18/h5-6,13-14H,3-4,7-12H2,1-2H3. The van der Waals surface area contributed by atoms with Crippen LogP contribution in [-0.2, 0) is 4.74 Å². The third kappa shape index (κ3) is 4.74. The Labute approximate surface area is 148 Å². The van der Waals surface area contributed by atoms with Gasteiger partial charge in [0.05, 0.1) is 13.7 Å². The number of fused-ring (bicyclic) bond motifs is 1. The van der Waals surface area contributed by atoms with Gasteiger partial charge >= 0.3 is 5.97 Å². The first-order chi connectivity index (χ1) is 12.2. The summed E-state index contributed by atoms with van der Waals surface area (Å²) in [5.74, 6) is 0.530. The van der Waals surface area contributed by atoms with Crippen molar-refractivity contribution in [1.29, 1.82) is 0 Å². The van der Waals surface area contributed by atoms with E-state index in [0.29, 0.717) is 17.9 Å². The van der Waals surface area contributed by atoms with Crippen molar-refractivity contribution >= 4 is 16.9 Å². The van der Waals surface area contributed by atoms with Crippen LogP contribution in [0.4, 0.5) is 0 Å². The Kier molecular flexibility index (Phi) is 5.94. The zero-order chi connectivity index (χ0) is 17.6. The molecule has 0 spiro atoms. The van der Waals surface area contributed by atoms with Gasteiger partial charge in [-0.25, -0.2) is 4.79 Å². The lowest BCUT2D eigenvalue weighted by Crippen LogP contribution is -2.44. The van der Waals surface area contributed by atoms with Gasteiger partial charge in [-0.3, -0.25) is 0 Å². The van der Waals surface area contributed by atoms with Gasteiger partial charge in [0.25, 0.3) is 0 Å². The molecular weight excluding hydrogens is 320 g/mol. The van der Waals surface area contributed by atoms with E-state index < -0.39 is 5.97 Å². The van der Waals surface area contributed by atoms with Gasteiger partial charge in [0, 0.05) is 37.6 Å². The molecular formula is C19H26N2O4. The minimum absolute atomic E-state index is 0.238. The van der Waals surface area contributed by atoms with Crippen LogP contribution in [0.3, 0.4) is 0 Å². The number of ether oxygens (including phenoxy) is 2. The van der Waals surface area contributed by atoms with Crippen LogP contribution in [0.25, 0.3) is 11.0 Å². The lowest BCUT2D eigenvalue weighted by molar-refractivity contribution is 0.0459. The van der Waals surface area contributed by atoms with Gasteiger partial charge in [0.2, 0.25) is 5.76 Å². The van der Waals surface area contributed by atoms with Crippen molar-refractivity contribution in [2.24, 2.45) is 0 Å². The molecule has 1 fully saturated rings. The third-order valence-electron chi connectivity index (χ3n) is 4.63. The average molecular weight is 346 g/mol. The maximum atomic E-state index is 12.1. The smallest absolute Gasteiger partial charge is 0.374 e. The predicted octanol–water partition coefficient (Wildman–Crippen LogP) is 2.63. The number of esters is 1. The zero-order valence-electron chi connectivity index (χ0n) is 15.0. The average Bonchev–Trinajstić information content (AvgIpc) is 3.06. The van der Waals surface area contributed by atoms with E-state index in [2.05, 4.69) is 16.8 Å². The second kappa shape index (κ2) is 8.36. The monoisotopic (exact) mass is 346 g/mol. The normalized spacial score (nSPS) is 16.2. The lowest BCUT2D eigenvalue weighted by Gasteiger charge is -2.32. The Balaban J connectivity index is 1.40. The minimum Gasteiger partial charge on any atom is -0.497 e.